The SMILES string of the molecule is C[n+]1cccc(C(=O)OCCOC(=O)C2N3C(=O)[C@@H](NC(=O)Cc4ccccc4)[C@H]3SC2(C)C)c1. The van der Waals surface area contributed by atoms with Crippen LogP contribution < -0.4 is 9.88 Å². The zero-order valence-electron chi connectivity index (χ0n) is 19.8. The number of amides is 2. The fourth-order valence-electron chi connectivity index (χ4n) is 4.28. The van der Waals surface area contributed by atoms with Crippen molar-refractivity contribution in [1.82, 2.24) is 10.2 Å². The lowest BCUT2D eigenvalue weighted by Gasteiger charge is -2.43. The third-order valence-corrected chi connectivity index (χ3v) is 7.50. The number of thioether (sulfide) groups is 1. The predicted molar refractivity (Wildman–Crippen MR) is 127 cm³/mol. The molecule has 9 nitrogen and oxygen atoms in total. The summed E-state index contributed by atoms with van der Waals surface area (Å²) < 4.78 is 11.7. The van der Waals surface area contributed by atoms with Crippen LogP contribution in [0.5, 0.6) is 0 Å². The molecule has 0 radical (unpaired) electrons. The lowest BCUT2D eigenvalue weighted by molar-refractivity contribution is -0.671. The number of rotatable bonds is 8. The molecular weight excluding hydrogens is 470 g/mol. The second-order valence-corrected chi connectivity index (χ2v) is 10.8. The molecule has 2 aromatic rings. The van der Waals surface area contributed by atoms with Crippen molar-refractivity contribution in [2.75, 3.05) is 13.2 Å². The summed E-state index contributed by atoms with van der Waals surface area (Å²) in [5.74, 6) is -1.62. The van der Waals surface area contributed by atoms with E-state index in [2.05, 4.69) is 5.32 Å². The number of benzene rings is 1. The summed E-state index contributed by atoms with van der Waals surface area (Å²) in [6, 6.07) is 11.2. The molecule has 1 aromatic carbocycles. The number of esters is 2. The average molecular weight is 499 g/mol. The van der Waals surface area contributed by atoms with E-state index in [0.717, 1.165) is 5.56 Å². The van der Waals surface area contributed by atoms with Crippen LogP contribution in [0.2, 0.25) is 0 Å². The molecule has 10 heteroatoms. The number of nitrogens with one attached hydrogen (secondary N) is 1. The number of β-lactam (4-membered cyclic amide) rings is 1. The Labute approximate surface area is 207 Å². The first-order valence-electron chi connectivity index (χ1n) is 11.3. The van der Waals surface area contributed by atoms with Crippen LogP contribution >= 0.6 is 11.8 Å². The molecule has 4 rings (SSSR count). The van der Waals surface area contributed by atoms with Crippen LogP contribution in [0.25, 0.3) is 0 Å². The summed E-state index contributed by atoms with van der Waals surface area (Å²) in [6.45, 7) is 3.52. The fraction of sp³-hybridized carbons (Fsp3) is 0.400. The highest BCUT2D eigenvalue weighted by atomic mass is 32.2. The second-order valence-electron chi connectivity index (χ2n) is 9.03. The smallest absolute Gasteiger partial charge is 0.344 e. The first-order chi connectivity index (χ1) is 16.7. The predicted octanol–water partition coefficient (Wildman–Crippen LogP) is 1.00. The molecule has 2 aliphatic heterocycles. The number of aryl methyl sites for hydroxylation is 1. The Morgan fingerprint density at radius 2 is 1.80 bits per heavy atom. The van der Waals surface area contributed by atoms with Crippen LogP contribution in [-0.4, -0.2) is 64.1 Å². The van der Waals surface area contributed by atoms with Gasteiger partial charge in [-0.15, -0.1) is 11.8 Å². The number of carbonyl (C=O) groups excluding carboxylic acids is 4. The van der Waals surface area contributed by atoms with E-state index < -0.39 is 28.8 Å². The van der Waals surface area contributed by atoms with Gasteiger partial charge in [0.1, 0.15) is 43.3 Å². The molecule has 0 saturated carbocycles. The Bertz CT molecular complexity index is 1140. The number of hydrogen-bond acceptors (Lipinski definition) is 7. The van der Waals surface area contributed by atoms with Crippen LogP contribution in [0, 0.1) is 0 Å². The minimum atomic E-state index is -0.795. The molecule has 2 aliphatic rings. The summed E-state index contributed by atoms with van der Waals surface area (Å²) in [5, 5.41) is 2.46. The lowest BCUT2D eigenvalue weighted by Crippen LogP contribution is -2.70. The van der Waals surface area contributed by atoms with Gasteiger partial charge in [0, 0.05) is 10.8 Å². The summed E-state index contributed by atoms with van der Waals surface area (Å²) in [7, 11) is 1.80. The Morgan fingerprint density at radius 3 is 2.51 bits per heavy atom. The number of pyridine rings is 1. The molecule has 1 aromatic heterocycles. The van der Waals surface area contributed by atoms with Crippen molar-refractivity contribution in [1.29, 1.82) is 0 Å². The van der Waals surface area contributed by atoms with Crippen LogP contribution in [0.15, 0.2) is 54.9 Å². The standard InChI is InChI=1S/C25H27N3O6S/c1-25(2)20(24(32)34-13-12-33-23(31)17-10-7-11-27(3)15-17)28-21(30)19(22(28)35-25)26-18(29)14-16-8-5-4-6-9-16/h4-11,15,19-20,22H,12-14H2,1-3H3/p+1/t19-,20?,22-/m1/s1. The van der Waals surface area contributed by atoms with Gasteiger partial charge in [-0.2, -0.15) is 0 Å². The largest absolute Gasteiger partial charge is 0.460 e. The van der Waals surface area contributed by atoms with Crippen molar-refractivity contribution in [3.05, 3.63) is 66.0 Å². The fourth-order valence-corrected chi connectivity index (χ4v) is 5.90. The van der Waals surface area contributed by atoms with Crippen molar-refractivity contribution in [2.24, 2.45) is 7.05 Å². The first-order valence-corrected chi connectivity index (χ1v) is 12.2. The van der Waals surface area contributed by atoms with Gasteiger partial charge in [-0.3, -0.25) is 9.59 Å². The molecule has 2 fully saturated rings. The van der Waals surface area contributed by atoms with Gasteiger partial charge in [-0.05, 0) is 25.5 Å². The van der Waals surface area contributed by atoms with Gasteiger partial charge in [0.2, 0.25) is 11.8 Å². The van der Waals surface area contributed by atoms with Crippen LogP contribution in [-0.2, 0) is 37.3 Å². The Morgan fingerprint density at radius 1 is 1.09 bits per heavy atom. The molecule has 1 N–H and O–H groups in total. The Balaban J connectivity index is 1.28. The molecule has 2 amide bonds. The quantitative estimate of drug-likeness (QED) is 0.251. The van der Waals surface area contributed by atoms with E-state index in [1.165, 1.54) is 16.7 Å². The van der Waals surface area contributed by atoms with E-state index >= 15 is 0 Å². The maximum Gasteiger partial charge on any atom is 0.344 e. The molecule has 3 heterocycles. The van der Waals surface area contributed by atoms with Gasteiger partial charge in [-0.25, -0.2) is 14.2 Å². The van der Waals surface area contributed by atoms with Crippen molar-refractivity contribution in [3.8, 4) is 0 Å². The van der Waals surface area contributed by atoms with Crippen molar-refractivity contribution < 1.29 is 33.2 Å². The minimum absolute atomic E-state index is 0.0982. The number of aromatic nitrogens is 1. The minimum Gasteiger partial charge on any atom is -0.460 e. The van der Waals surface area contributed by atoms with Gasteiger partial charge >= 0.3 is 11.9 Å². The van der Waals surface area contributed by atoms with E-state index in [4.69, 9.17) is 9.47 Å². The highest BCUT2D eigenvalue weighted by molar-refractivity contribution is 8.01. The van der Waals surface area contributed by atoms with Gasteiger partial charge in [-0.1, -0.05) is 30.3 Å². The molecule has 35 heavy (non-hydrogen) atoms. The normalized spacial score (nSPS) is 22.1. The number of fused-ring (bicyclic) bond motifs is 1. The van der Waals surface area contributed by atoms with Crippen LogP contribution in [0.3, 0.4) is 0 Å². The number of hydrogen-bond donors (Lipinski definition) is 1. The van der Waals surface area contributed by atoms with Crippen LogP contribution in [0.1, 0.15) is 29.8 Å². The Hall–Kier alpha value is -3.40. The van der Waals surface area contributed by atoms with E-state index in [9.17, 15) is 19.2 Å². The van der Waals surface area contributed by atoms with E-state index in [1.807, 2.05) is 44.2 Å². The maximum absolute atomic E-state index is 12.9. The van der Waals surface area contributed by atoms with Gasteiger partial charge in [0.05, 0.1) is 6.42 Å². The van der Waals surface area contributed by atoms with Crippen molar-refractivity contribution in [2.45, 2.75) is 42.5 Å². The number of carbonyl (C=O) groups is 4. The lowest BCUT2D eigenvalue weighted by atomic mass is 9.96. The van der Waals surface area contributed by atoms with E-state index in [1.54, 1.807) is 36.1 Å². The summed E-state index contributed by atoms with van der Waals surface area (Å²) >= 11 is 1.46. The van der Waals surface area contributed by atoms with Crippen molar-refractivity contribution >= 4 is 35.5 Å². The maximum atomic E-state index is 12.9. The molecule has 1 unspecified atom stereocenters. The monoisotopic (exact) mass is 498 g/mol. The molecule has 3 atom stereocenters. The highest BCUT2D eigenvalue weighted by Gasteiger charge is 2.64. The number of nitrogens with zero attached hydrogens (tertiary/aromatic N) is 2. The molecule has 0 aliphatic carbocycles. The van der Waals surface area contributed by atoms with E-state index in [-0.39, 0.29) is 36.8 Å². The highest BCUT2D eigenvalue weighted by Crippen LogP contribution is 2.51. The molecule has 0 spiro atoms. The molecule has 2 saturated heterocycles. The first kappa shape index (κ1) is 24.7. The average Bonchev–Trinajstić information content (AvgIpc) is 3.08. The Kier molecular flexibility index (Phi) is 7.11. The van der Waals surface area contributed by atoms with Gasteiger partial charge < -0.3 is 19.7 Å². The zero-order chi connectivity index (χ0) is 25.2. The van der Waals surface area contributed by atoms with Crippen LogP contribution in [0.4, 0.5) is 0 Å². The van der Waals surface area contributed by atoms with E-state index in [0.29, 0.717) is 5.56 Å². The van der Waals surface area contributed by atoms with Gasteiger partial charge in [0.15, 0.2) is 12.4 Å². The summed E-state index contributed by atoms with van der Waals surface area (Å²) in [6.07, 6.45) is 3.61. The number of ether oxygens (including phenoxy) is 2. The van der Waals surface area contributed by atoms with Crippen molar-refractivity contribution in [3.63, 3.8) is 0 Å². The second kappa shape index (κ2) is 10.1. The molecule has 184 valence electrons. The zero-order valence-corrected chi connectivity index (χ0v) is 20.6. The third-order valence-electron chi connectivity index (χ3n) is 5.92. The van der Waals surface area contributed by atoms with Gasteiger partial charge in [0.25, 0.3) is 0 Å². The molecular formula is C25H28N3O6S+. The summed E-state index contributed by atoms with van der Waals surface area (Å²) in [5.41, 5.74) is 1.25. The topological polar surface area (TPSA) is 106 Å². The third kappa shape index (κ3) is 5.32. The molecule has 0 bridgehead atoms. The summed E-state index contributed by atoms with van der Waals surface area (Å²) in [4.78, 5) is 51.8.